The van der Waals surface area contributed by atoms with Crippen LogP contribution in [0, 0.1) is 15.9 Å². The number of hydrogen-bond acceptors (Lipinski definition) is 4. The van der Waals surface area contributed by atoms with Crippen molar-refractivity contribution in [2.45, 2.75) is 0 Å². The van der Waals surface area contributed by atoms with Gasteiger partial charge in [-0.05, 0) is 18.2 Å². The van der Waals surface area contributed by atoms with Crippen molar-refractivity contribution in [2.24, 2.45) is 0 Å². The Bertz CT molecular complexity index is 870. The van der Waals surface area contributed by atoms with E-state index in [0.29, 0.717) is 36.8 Å². The van der Waals surface area contributed by atoms with Crippen LogP contribution in [0.25, 0.3) is 0 Å². The van der Waals surface area contributed by atoms with Crippen LogP contribution in [0.5, 0.6) is 0 Å². The van der Waals surface area contributed by atoms with Crippen LogP contribution >= 0.6 is 23.2 Å². The molecule has 0 atom stereocenters. The van der Waals surface area contributed by atoms with Crippen LogP contribution in [0.1, 0.15) is 10.4 Å². The molecule has 0 radical (unpaired) electrons. The summed E-state index contributed by atoms with van der Waals surface area (Å²) in [7, 11) is 0. The van der Waals surface area contributed by atoms with E-state index >= 15 is 0 Å². The summed E-state index contributed by atoms with van der Waals surface area (Å²) in [5.41, 5.74) is 0.358. The van der Waals surface area contributed by atoms with Gasteiger partial charge in [-0.2, -0.15) is 0 Å². The minimum Gasteiger partial charge on any atom is -0.362 e. The first kappa shape index (κ1) is 18.4. The molecule has 0 unspecified atom stereocenters. The van der Waals surface area contributed by atoms with Gasteiger partial charge in [0.25, 0.3) is 11.6 Å². The van der Waals surface area contributed by atoms with Crippen molar-refractivity contribution in [3.05, 3.63) is 67.9 Å². The average Bonchev–Trinajstić information content (AvgIpc) is 2.63. The van der Waals surface area contributed by atoms with Crippen LogP contribution in [0.15, 0.2) is 36.4 Å². The van der Waals surface area contributed by atoms with E-state index in [1.807, 2.05) is 0 Å². The number of nitro groups is 1. The van der Waals surface area contributed by atoms with Crippen LogP contribution < -0.4 is 4.90 Å². The molecule has 1 amide bonds. The van der Waals surface area contributed by atoms with Crippen molar-refractivity contribution in [1.82, 2.24) is 4.90 Å². The minimum absolute atomic E-state index is 0.163. The third-order valence-electron chi connectivity index (χ3n) is 4.22. The first-order valence-electron chi connectivity index (χ1n) is 7.80. The summed E-state index contributed by atoms with van der Waals surface area (Å²) in [4.78, 5) is 26.6. The molecule has 1 aliphatic heterocycles. The van der Waals surface area contributed by atoms with Gasteiger partial charge >= 0.3 is 0 Å². The van der Waals surface area contributed by atoms with E-state index in [1.54, 1.807) is 28.0 Å². The third kappa shape index (κ3) is 3.59. The molecule has 6 nitrogen and oxygen atoms in total. The van der Waals surface area contributed by atoms with Gasteiger partial charge in [0.1, 0.15) is 11.5 Å². The Balaban J connectivity index is 1.76. The summed E-state index contributed by atoms with van der Waals surface area (Å²) in [5, 5.41) is 11.7. The number of amides is 1. The van der Waals surface area contributed by atoms with E-state index in [1.165, 1.54) is 0 Å². The maximum Gasteiger partial charge on any atom is 0.292 e. The quantitative estimate of drug-likeness (QED) is 0.579. The second-order valence-corrected chi connectivity index (χ2v) is 6.56. The maximum atomic E-state index is 13.5. The molecule has 3 rings (SSSR count). The molecule has 1 saturated heterocycles. The lowest BCUT2D eigenvalue weighted by Crippen LogP contribution is -2.49. The highest BCUT2D eigenvalue weighted by Gasteiger charge is 2.27. The number of piperazine rings is 1. The van der Waals surface area contributed by atoms with Crippen LogP contribution in [-0.4, -0.2) is 41.9 Å². The van der Waals surface area contributed by atoms with E-state index in [4.69, 9.17) is 23.2 Å². The molecule has 136 valence electrons. The Hall–Kier alpha value is -2.38. The molecule has 0 aliphatic carbocycles. The second-order valence-electron chi connectivity index (χ2n) is 5.77. The van der Waals surface area contributed by atoms with E-state index in [2.05, 4.69) is 0 Å². The van der Waals surface area contributed by atoms with E-state index < -0.39 is 10.7 Å². The van der Waals surface area contributed by atoms with Gasteiger partial charge in [0.15, 0.2) is 0 Å². The number of carbonyl (C=O) groups is 1. The summed E-state index contributed by atoms with van der Waals surface area (Å²) in [6.07, 6.45) is 0. The van der Waals surface area contributed by atoms with Gasteiger partial charge in [-0.15, -0.1) is 0 Å². The third-order valence-corrected chi connectivity index (χ3v) is 5.04. The number of anilines is 1. The predicted octanol–water partition coefficient (Wildman–Crippen LogP) is 4.00. The molecule has 0 saturated carbocycles. The van der Waals surface area contributed by atoms with Gasteiger partial charge in [-0.1, -0.05) is 29.3 Å². The van der Waals surface area contributed by atoms with Gasteiger partial charge in [0.2, 0.25) is 0 Å². The maximum absolute atomic E-state index is 13.5. The molecular weight excluding hydrogens is 384 g/mol. The lowest BCUT2D eigenvalue weighted by Gasteiger charge is -2.36. The summed E-state index contributed by atoms with van der Waals surface area (Å²) >= 11 is 12.1. The summed E-state index contributed by atoms with van der Waals surface area (Å²) in [6.45, 7) is 1.34. The fourth-order valence-electron chi connectivity index (χ4n) is 2.89. The van der Waals surface area contributed by atoms with Gasteiger partial charge in [-0.25, -0.2) is 4.39 Å². The lowest BCUT2D eigenvalue weighted by molar-refractivity contribution is -0.384. The molecule has 2 aromatic carbocycles. The van der Waals surface area contributed by atoms with Gasteiger partial charge < -0.3 is 9.80 Å². The summed E-state index contributed by atoms with van der Waals surface area (Å²) in [6, 6.07) is 8.19. The molecule has 1 aliphatic rings. The molecule has 1 heterocycles. The minimum atomic E-state index is -0.546. The van der Waals surface area contributed by atoms with E-state index in [9.17, 15) is 19.3 Å². The number of halogens is 3. The topological polar surface area (TPSA) is 66.7 Å². The smallest absolute Gasteiger partial charge is 0.292 e. The molecule has 0 aromatic heterocycles. The molecule has 0 spiro atoms. The van der Waals surface area contributed by atoms with Crippen molar-refractivity contribution in [3.63, 3.8) is 0 Å². The normalized spacial score (nSPS) is 14.4. The van der Waals surface area contributed by atoms with Crippen LogP contribution in [0.3, 0.4) is 0 Å². The number of rotatable bonds is 3. The average molecular weight is 398 g/mol. The number of benzene rings is 2. The predicted molar refractivity (Wildman–Crippen MR) is 97.6 cm³/mol. The molecule has 2 aromatic rings. The van der Waals surface area contributed by atoms with Crippen molar-refractivity contribution < 1.29 is 14.1 Å². The number of hydrogen-bond donors (Lipinski definition) is 0. The zero-order chi connectivity index (χ0) is 18.8. The largest absolute Gasteiger partial charge is 0.362 e. The molecule has 0 bridgehead atoms. The standard InChI is InChI=1S/C17H14Cl2FN3O3/c18-13-3-1-2-12(16(13)19)17(24)22-8-6-21(7-9-22)15-10-11(20)4-5-14(15)23(25)26/h1-5,10H,6-9H2. The highest BCUT2D eigenvalue weighted by Crippen LogP contribution is 2.31. The van der Waals surface area contributed by atoms with Gasteiger partial charge in [0.05, 0.1) is 20.5 Å². The highest BCUT2D eigenvalue weighted by atomic mass is 35.5. The molecular formula is C17H14Cl2FN3O3. The Morgan fingerprint density at radius 2 is 1.81 bits per heavy atom. The Labute approximate surface area is 158 Å². The van der Waals surface area contributed by atoms with Crippen LogP contribution in [0.2, 0.25) is 10.0 Å². The molecule has 1 fully saturated rings. The number of carbonyl (C=O) groups excluding carboxylic acids is 1. The Morgan fingerprint density at radius 3 is 2.46 bits per heavy atom. The summed E-state index contributed by atoms with van der Waals surface area (Å²) in [5.74, 6) is -0.805. The number of nitrogens with zero attached hydrogens (tertiary/aromatic N) is 3. The molecule has 9 heteroatoms. The number of nitro benzene ring substituents is 1. The fraction of sp³-hybridized carbons (Fsp3) is 0.235. The van der Waals surface area contributed by atoms with Crippen molar-refractivity contribution >= 4 is 40.5 Å². The van der Waals surface area contributed by atoms with Crippen molar-refractivity contribution in [1.29, 1.82) is 0 Å². The fourth-order valence-corrected chi connectivity index (χ4v) is 3.28. The first-order chi connectivity index (χ1) is 12.4. The van der Waals surface area contributed by atoms with Gasteiger partial charge in [0, 0.05) is 38.3 Å². The highest BCUT2D eigenvalue weighted by molar-refractivity contribution is 6.43. The van der Waals surface area contributed by atoms with Crippen molar-refractivity contribution in [3.8, 4) is 0 Å². The Kier molecular flexibility index (Phi) is 5.29. The Morgan fingerprint density at radius 1 is 1.12 bits per heavy atom. The molecule has 0 N–H and O–H groups in total. The SMILES string of the molecule is O=C(c1cccc(Cl)c1Cl)N1CCN(c2cc(F)ccc2[N+](=O)[O-])CC1. The van der Waals surface area contributed by atoms with Crippen LogP contribution in [-0.2, 0) is 0 Å². The monoisotopic (exact) mass is 397 g/mol. The lowest BCUT2D eigenvalue weighted by atomic mass is 10.1. The first-order valence-corrected chi connectivity index (χ1v) is 8.56. The van der Waals surface area contributed by atoms with Crippen LogP contribution in [0.4, 0.5) is 15.8 Å². The van der Waals surface area contributed by atoms with Crippen molar-refractivity contribution in [2.75, 3.05) is 31.1 Å². The summed E-state index contributed by atoms with van der Waals surface area (Å²) < 4.78 is 13.5. The second kappa shape index (κ2) is 7.47. The van der Waals surface area contributed by atoms with E-state index in [0.717, 1.165) is 18.2 Å². The van der Waals surface area contributed by atoms with Gasteiger partial charge in [-0.3, -0.25) is 14.9 Å². The van der Waals surface area contributed by atoms with E-state index in [-0.39, 0.29) is 22.3 Å². The zero-order valence-corrected chi connectivity index (χ0v) is 15.0. The molecule has 26 heavy (non-hydrogen) atoms. The zero-order valence-electron chi connectivity index (χ0n) is 13.5.